The van der Waals surface area contributed by atoms with Crippen LogP contribution in [0.2, 0.25) is 0 Å². The molecule has 0 amide bonds. The minimum atomic E-state index is -1.35. The summed E-state index contributed by atoms with van der Waals surface area (Å²) >= 11 is 0. The average Bonchev–Trinajstić information content (AvgIpc) is 2.57. The van der Waals surface area contributed by atoms with Gasteiger partial charge in [0.25, 0.3) is 0 Å². The highest BCUT2D eigenvalue weighted by molar-refractivity contribution is 8.34. The lowest BCUT2D eigenvalue weighted by molar-refractivity contribution is 0.776. The first-order valence-corrected chi connectivity index (χ1v) is 9.68. The van der Waals surface area contributed by atoms with Gasteiger partial charge in [0.1, 0.15) is 0 Å². The fourth-order valence-corrected chi connectivity index (χ4v) is 7.98. The molecule has 0 N–H and O–H groups in total. The van der Waals surface area contributed by atoms with Crippen LogP contribution in [0.3, 0.4) is 0 Å². The zero-order chi connectivity index (χ0) is 16.3. The van der Waals surface area contributed by atoms with E-state index in [1.165, 1.54) is 14.7 Å². The fourth-order valence-electron chi connectivity index (χ4n) is 3.34. The Morgan fingerprint density at radius 2 is 0.750 bits per heavy atom. The van der Waals surface area contributed by atoms with Crippen molar-refractivity contribution in [2.24, 2.45) is 0 Å². The summed E-state index contributed by atoms with van der Waals surface area (Å²) in [5.74, 6) is 0. The van der Waals surface area contributed by atoms with E-state index < -0.39 is 10.0 Å². The molecule has 0 saturated heterocycles. The molecule has 0 aromatic heterocycles. The van der Waals surface area contributed by atoms with E-state index in [-0.39, 0.29) is 9.45 Å². The Morgan fingerprint density at radius 1 is 0.500 bits per heavy atom. The van der Waals surface area contributed by atoms with Gasteiger partial charge in [-0.05, 0) is 51.1 Å². The maximum Gasteiger partial charge on any atom is 0.00351 e. The molecule has 0 spiro atoms. The highest BCUT2D eigenvalue weighted by Crippen LogP contribution is 2.75. The predicted molar refractivity (Wildman–Crippen MR) is 104 cm³/mol. The normalized spacial score (nSPS) is 12.3. The highest BCUT2D eigenvalue weighted by atomic mass is 32.3. The minimum Gasteiger partial charge on any atom is -0.269 e. The SMILES string of the molecule is CC(C)(C)S(c1ccccc1)(c1ccccc1)c1ccccc1.F. The van der Waals surface area contributed by atoms with Gasteiger partial charge in [0, 0.05) is 4.75 Å². The molecule has 0 heterocycles. The van der Waals surface area contributed by atoms with E-state index in [0.29, 0.717) is 0 Å². The molecule has 0 aliphatic rings. The maximum atomic E-state index is 2.37. The molecule has 0 fully saturated rings. The molecule has 3 aromatic rings. The Kier molecular flexibility index (Phi) is 5.51. The number of hydrogen-bond acceptors (Lipinski definition) is 0. The van der Waals surface area contributed by atoms with Crippen LogP contribution in [0.1, 0.15) is 20.8 Å². The largest absolute Gasteiger partial charge is 0.269 e. The number of benzene rings is 3. The molecule has 24 heavy (non-hydrogen) atoms. The van der Waals surface area contributed by atoms with E-state index in [4.69, 9.17) is 0 Å². The Labute approximate surface area is 146 Å². The molecular weight excluding hydrogens is 315 g/mol. The third kappa shape index (κ3) is 2.99. The second-order valence-corrected chi connectivity index (χ2v) is 10.5. The smallest absolute Gasteiger partial charge is 0.00351 e. The van der Waals surface area contributed by atoms with Gasteiger partial charge in [-0.25, -0.2) is 0 Å². The van der Waals surface area contributed by atoms with Crippen molar-refractivity contribution in [2.45, 2.75) is 40.2 Å². The third-order valence-corrected chi connectivity index (χ3v) is 8.98. The monoisotopic (exact) mass is 340 g/mol. The van der Waals surface area contributed by atoms with Gasteiger partial charge >= 0.3 is 0 Å². The second kappa shape index (κ2) is 7.23. The third-order valence-electron chi connectivity index (χ3n) is 4.21. The van der Waals surface area contributed by atoms with Crippen LogP contribution in [0, 0.1) is 0 Å². The lowest BCUT2D eigenvalue weighted by atomic mass is 10.2. The van der Waals surface area contributed by atoms with E-state index in [2.05, 4.69) is 112 Å². The van der Waals surface area contributed by atoms with Gasteiger partial charge in [-0.15, -0.1) is 0 Å². The van der Waals surface area contributed by atoms with Crippen molar-refractivity contribution in [1.82, 2.24) is 0 Å². The zero-order valence-electron chi connectivity index (χ0n) is 14.5. The minimum absolute atomic E-state index is 0. The maximum absolute atomic E-state index is 2.37. The standard InChI is InChI=1S/C22H24S.FH/c1-22(2,3)23(19-13-7-4-8-14-19,20-15-9-5-10-16-20)21-17-11-6-12-18-21;/h4-18H,1-3H3;1H. The van der Waals surface area contributed by atoms with Crippen LogP contribution >= 0.6 is 10.0 Å². The summed E-state index contributed by atoms with van der Waals surface area (Å²) < 4.78 is 0.108. The molecular formula is C22H25FS. The molecule has 0 atom stereocenters. The Hall–Kier alpha value is -2.06. The number of halogens is 1. The Bertz CT molecular complexity index is 650. The zero-order valence-corrected chi connectivity index (χ0v) is 15.3. The quantitative estimate of drug-likeness (QED) is 0.485. The molecule has 0 aliphatic carbocycles. The lowest BCUT2D eigenvalue weighted by Gasteiger charge is -2.51. The van der Waals surface area contributed by atoms with E-state index >= 15 is 0 Å². The van der Waals surface area contributed by atoms with Crippen LogP contribution in [0.25, 0.3) is 0 Å². The number of hydrogen-bond donors (Lipinski definition) is 0. The first-order valence-electron chi connectivity index (χ1n) is 8.05. The molecule has 3 aromatic carbocycles. The first-order chi connectivity index (χ1) is 11.1. The highest BCUT2D eigenvalue weighted by Gasteiger charge is 2.41. The van der Waals surface area contributed by atoms with Gasteiger partial charge in [-0.1, -0.05) is 75.4 Å². The van der Waals surface area contributed by atoms with Gasteiger partial charge in [0.2, 0.25) is 0 Å². The molecule has 0 nitrogen and oxygen atoms in total. The van der Waals surface area contributed by atoms with Gasteiger partial charge in [0.05, 0.1) is 0 Å². The molecule has 0 bridgehead atoms. The summed E-state index contributed by atoms with van der Waals surface area (Å²) in [6.45, 7) is 7.11. The summed E-state index contributed by atoms with van der Waals surface area (Å²) in [5.41, 5.74) is 0. The van der Waals surface area contributed by atoms with Gasteiger partial charge in [-0.3, -0.25) is 4.70 Å². The van der Waals surface area contributed by atoms with E-state index in [9.17, 15) is 0 Å². The molecule has 0 aliphatic heterocycles. The Morgan fingerprint density at radius 3 is 0.958 bits per heavy atom. The van der Waals surface area contributed by atoms with Crippen LogP contribution in [0.4, 0.5) is 4.70 Å². The fraction of sp³-hybridized carbons (Fsp3) is 0.182. The van der Waals surface area contributed by atoms with Crippen molar-refractivity contribution in [1.29, 1.82) is 0 Å². The molecule has 2 heteroatoms. The van der Waals surface area contributed by atoms with Crippen molar-refractivity contribution in [3.05, 3.63) is 91.0 Å². The number of rotatable bonds is 3. The van der Waals surface area contributed by atoms with Crippen molar-refractivity contribution < 1.29 is 4.70 Å². The summed E-state index contributed by atoms with van der Waals surface area (Å²) in [4.78, 5) is 4.26. The summed E-state index contributed by atoms with van der Waals surface area (Å²) in [7, 11) is -1.35. The molecule has 0 saturated carbocycles. The van der Waals surface area contributed by atoms with Crippen LogP contribution in [0.15, 0.2) is 106 Å². The van der Waals surface area contributed by atoms with Gasteiger partial charge < -0.3 is 0 Å². The van der Waals surface area contributed by atoms with Crippen LogP contribution in [-0.4, -0.2) is 4.75 Å². The van der Waals surface area contributed by atoms with E-state index in [1.54, 1.807) is 0 Å². The van der Waals surface area contributed by atoms with Crippen LogP contribution < -0.4 is 0 Å². The molecule has 3 rings (SSSR count). The molecule has 126 valence electrons. The lowest BCUT2D eigenvalue weighted by Crippen LogP contribution is -2.26. The van der Waals surface area contributed by atoms with E-state index in [0.717, 1.165) is 0 Å². The summed E-state index contributed by atoms with van der Waals surface area (Å²) in [5, 5.41) is 0. The molecule has 0 unspecified atom stereocenters. The van der Waals surface area contributed by atoms with E-state index in [1.807, 2.05) is 0 Å². The van der Waals surface area contributed by atoms with Crippen LogP contribution in [0.5, 0.6) is 0 Å². The van der Waals surface area contributed by atoms with Crippen molar-refractivity contribution in [3.8, 4) is 0 Å². The summed E-state index contributed by atoms with van der Waals surface area (Å²) in [6, 6.07) is 33.0. The van der Waals surface area contributed by atoms with Gasteiger partial charge in [0.15, 0.2) is 0 Å². The second-order valence-electron chi connectivity index (χ2n) is 6.66. The van der Waals surface area contributed by atoms with Crippen molar-refractivity contribution in [3.63, 3.8) is 0 Å². The van der Waals surface area contributed by atoms with Crippen molar-refractivity contribution >= 4 is 10.0 Å². The predicted octanol–water partition coefficient (Wildman–Crippen LogP) is 6.92. The summed E-state index contributed by atoms with van der Waals surface area (Å²) in [6.07, 6.45) is 0. The average molecular weight is 341 g/mol. The van der Waals surface area contributed by atoms with Crippen LogP contribution in [-0.2, 0) is 0 Å². The molecule has 0 radical (unpaired) electrons. The Balaban J connectivity index is 0.00000208. The van der Waals surface area contributed by atoms with Crippen molar-refractivity contribution in [2.75, 3.05) is 0 Å². The first kappa shape index (κ1) is 18.3. The topological polar surface area (TPSA) is 0 Å². The van der Waals surface area contributed by atoms with Gasteiger partial charge in [-0.2, -0.15) is 10.0 Å².